The predicted octanol–water partition coefficient (Wildman–Crippen LogP) is 0.359. The Hall–Kier alpha value is -1.29. The molecule has 0 radical (unpaired) electrons. The lowest BCUT2D eigenvalue weighted by Crippen LogP contribution is -2.42. The van der Waals surface area contributed by atoms with Crippen LogP contribution in [-0.2, 0) is 25.5 Å². The van der Waals surface area contributed by atoms with Gasteiger partial charge in [-0.1, -0.05) is 11.6 Å². The van der Waals surface area contributed by atoms with Crippen LogP contribution in [0.2, 0.25) is 5.02 Å². The highest BCUT2D eigenvalue weighted by Crippen LogP contribution is 2.35. The zero-order chi connectivity index (χ0) is 19.5. The van der Waals surface area contributed by atoms with E-state index in [0.29, 0.717) is 57.3 Å². The highest BCUT2D eigenvalue weighted by Gasteiger charge is 2.50. The van der Waals surface area contributed by atoms with Crippen molar-refractivity contribution in [3.8, 4) is 0 Å². The molecule has 28 heavy (non-hydrogen) atoms. The number of amides is 1. The van der Waals surface area contributed by atoms with Gasteiger partial charge in [0.15, 0.2) is 0 Å². The third-order valence-corrected chi connectivity index (χ3v) is 5.92. The minimum Gasteiger partial charge on any atom is -0.388 e. The minimum absolute atomic E-state index is 0.0781. The van der Waals surface area contributed by atoms with E-state index in [1.165, 1.54) is 0 Å². The average molecular weight is 412 g/mol. The van der Waals surface area contributed by atoms with Gasteiger partial charge in [0.05, 0.1) is 37.9 Å². The summed E-state index contributed by atoms with van der Waals surface area (Å²) in [5.41, 5.74) is 0.898. The van der Waals surface area contributed by atoms with E-state index >= 15 is 0 Å². The largest absolute Gasteiger partial charge is 0.388 e. The number of rotatable bonds is 6. The van der Waals surface area contributed by atoms with Crippen LogP contribution in [0.25, 0.3) is 0 Å². The number of halogens is 1. The van der Waals surface area contributed by atoms with Gasteiger partial charge in [-0.25, -0.2) is 0 Å². The number of fused-ring (bicyclic) bond motifs is 1. The molecule has 9 heteroatoms. The Kier molecular flexibility index (Phi) is 6.45. The fraction of sp³-hybridized carbons (Fsp3) is 0.684. The number of aliphatic hydroxyl groups excluding tert-OH is 1. The topological polar surface area (TPSA) is 93.2 Å². The summed E-state index contributed by atoms with van der Waals surface area (Å²) < 4.78 is 17.2. The Morgan fingerprint density at radius 1 is 1.36 bits per heavy atom. The van der Waals surface area contributed by atoms with Crippen LogP contribution in [0.1, 0.15) is 18.4 Å². The molecule has 5 unspecified atom stereocenters. The monoisotopic (exact) mass is 411 g/mol. The summed E-state index contributed by atoms with van der Waals surface area (Å²) in [6.07, 6.45) is 2.50. The second-order valence-electron chi connectivity index (χ2n) is 7.46. The second kappa shape index (κ2) is 9.02. The summed E-state index contributed by atoms with van der Waals surface area (Å²) in [5, 5.41) is 14.5. The molecule has 3 aliphatic rings. The lowest BCUT2D eigenvalue weighted by atomic mass is 10.1. The van der Waals surface area contributed by atoms with E-state index in [1.54, 1.807) is 18.5 Å². The molecule has 0 spiro atoms. The van der Waals surface area contributed by atoms with Crippen LogP contribution in [0.4, 0.5) is 0 Å². The van der Waals surface area contributed by atoms with Gasteiger partial charge in [-0.05, 0) is 6.07 Å². The van der Waals surface area contributed by atoms with Crippen molar-refractivity contribution in [1.82, 2.24) is 15.2 Å². The molecule has 1 aromatic heterocycles. The number of nitrogens with zero attached hydrogens (tertiary/aromatic N) is 2. The number of morpholine rings is 1. The maximum atomic E-state index is 12.4. The second-order valence-corrected chi connectivity index (χ2v) is 7.86. The van der Waals surface area contributed by atoms with Crippen molar-refractivity contribution < 1.29 is 24.1 Å². The summed E-state index contributed by atoms with van der Waals surface area (Å²) in [4.78, 5) is 18.3. The van der Waals surface area contributed by atoms with Gasteiger partial charge < -0.3 is 29.5 Å². The Morgan fingerprint density at radius 2 is 2.18 bits per heavy atom. The van der Waals surface area contributed by atoms with Gasteiger partial charge in [-0.2, -0.15) is 0 Å². The number of aliphatic hydroxyl groups is 1. The number of nitrogens with one attached hydrogen (secondary N) is 1. The molecule has 0 saturated carbocycles. The maximum absolute atomic E-state index is 12.4. The van der Waals surface area contributed by atoms with E-state index in [2.05, 4.69) is 10.3 Å². The first kappa shape index (κ1) is 20.0. The summed E-state index contributed by atoms with van der Waals surface area (Å²) >= 11 is 6.12. The average Bonchev–Trinajstić information content (AvgIpc) is 3.22. The number of hydrogen-bond acceptors (Lipinski definition) is 7. The molecule has 5 atom stereocenters. The Balaban J connectivity index is 1.22. The van der Waals surface area contributed by atoms with E-state index in [9.17, 15) is 9.90 Å². The van der Waals surface area contributed by atoms with E-state index in [0.717, 1.165) is 5.56 Å². The zero-order valence-corrected chi connectivity index (χ0v) is 16.4. The molecule has 0 bridgehead atoms. The first-order chi connectivity index (χ1) is 13.6. The summed E-state index contributed by atoms with van der Waals surface area (Å²) in [5.74, 6) is 0.0781. The lowest BCUT2D eigenvalue weighted by Gasteiger charge is -2.28. The third-order valence-electron chi connectivity index (χ3n) is 5.55. The summed E-state index contributed by atoms with van der Waals surface area (Å²) in [7, 11) is 0. The van der Waals surface area contributed by atoms with Crippen molar-refractivity contribution in [3.63, 3.8) is 0 Å². The number of pyridine rings is 1. The van der Waals surface area contributed by atoms with Gasteiger partial charge in [0, 0.05) is 55.6 Å². The molecule has 154 valence electrons. The molecule has 3 fully saturated rings. The molecule has 0 aromatic carbocycles. The maximum Gasteiger partial charge on any atom is 0.225 e. The van der Waals surface area contributed by atoms with Gasteiger partial charge in [0.1, 0.15) is 12.2 Å². The van der Waals surface area contributed by atoms with Gasteiger partial charge in [0.2, 0.25) is 5.91 Å². The highest BCUT2D eigenvalue weighted by atomic mass is 35.5. The van der Waals surface area contributed by atoms with Crippen LogP contribution in [0, 0.1) is 0 Å². The molecular formula is C19H26ClN3O5. The number of aromatic nitrogens is 1. The van der Waals surface area contributed by atoms with E-state index in [4.69, 9.17) is 25.8 Å². The third kappa shape index (κ3) is 4.48. The molecule has 1 aromatic rings. The molecule has 8 nitrogen and oxygen atoms in total. The Morgan fingerprint density at radius 3 is 2.93 bits per heavy atom. The van der Waals surface area contributed by atoms with Crippen molar-refractivity contribution in [2.24, 2.45) is 0 Å². The first-order valence-electron chi connectivity index (χ1n) is 9.75. The minimum atomic E-state index is -0.717. The van der Waals surface area contributed by atoms with Crippen LogP contribution in [0.15, 0.2) is 18.5 Å². The smallest absolute Gasteiger partial charge is 0.225 e. The SMILES string of the molecule is O=C(CC1CC2OC(CNCc3cnccc3Cl)C(O)C2O1)N1CCOCC1. The quantitative estimate of drug-likeness (QED) is 0.698. The van der Waals surface area contributed by atoms with Crippen molar-refractivity contribution in [2.75, 3.05) is 32.8 Å². The van der Waals surface area contributed by atoms with E-state index < -0.39 is 6.10 Å². The number of carbonyl (C=O) groups is 1. The molecule has 1 amide bonds. The van der Waals surface area contributed by atoms with Gasteiger partial charge in [-0.3, -0.25) is 9.78 Å². The van der Waals surface area contributed by atoms with Crippen LogP contribution >= 0.6 is 11.6 Å². The normalized spacial score (nSPS) is 32.5. The summed E-state index contributed by atoms with van der Waals surface area (Å²) in [6.45, 7) is 3.47. The van der Waals surface area contributed by atoms with Crippen LogP contribution in [0.3, 0.4) is 0 Å². The van der Waals surface area contributed by atoms with E-state index in [1.807, 2.05) is 4.90 Å². The predicted molar refractivity (Wildman–Crippen MR) is 101 cm³/mol. The van der Waals surface area contributed by atoms with Gasteiger partial charge in [-0.15, -0.1) is 0 Å². The van der Waals surface area contributed by atoms with Crippen LogP contribution < -0.4 is 5.32 Å². The highest BCUT2D eigenvalue weighted by molar-refractivity contribution is 6.31. The molecular weight excluding hydrogens is 386 g/mol. The molecule has 3 saturated heterocycles. The number of ether oxygens (including phenoxy) is 3. The van der Waals surface area contributed by atoms with Crippen molar-refractivity contribution >= 4 is 17.5 Å². The van der Waals surface area contributed by atoms with Crippen molar-refractivity contribution in [3.05, 3.63) is 29.0 Å². The van der Waals surface area contributed by atoms with Crippen LogP contribution in [-0.4, -0.2) is 84.3 Å². The zero-order valence-electron chi connectivity index (χ0n) is 15.6. The molecule has 2 N–H and O–H groups in total. The molecule has 3 aliphatic heterocycles. The Labute approximate surface area is 169 Å². The van der Waals surface area contributed by atoms with E-state index in [-0.39, 0.29) is 30.3 Å². The van der Waals surface area contributed by atoms with Crippen LogP contribution in [0.5, 0.6) is 0 Å². The summed E-state index contributed by atoms with van der Waals surface area (Å²) in [6, 6.07) is 1.75. The Bertz CT molecular complexity index is 687. The van der Waals surface area contributed by atoms with Gasteiger partial charge >= 0.3 is 0 Å². The molecule has 4 rings (SSSR count). The number of hydrogen-bond donors (Lipinski definition) is 2. The lowest BCUT2D eigenvalue weighted by molar-refractivity contribution is -0.138. The van der Waals surface area contributed by atoms with Crippen molar-refractivity contribution in [2.45, 2.75) is 49.9 Å². The van der Waals surface area contributed by atoms with Gasteiger partial charge in [0.25, 0.3) is 0 Å². The number of carbonyl (C=O) groups excluding carboxylic acids is 1. The van der Waals surface area contributed by atoms with Crippen molar-refractivity contribution in [1.29, 1.82) is 0 Å². The molecule has 0 aliphatic carbocycles. The standard InChI is InChI=1S/C19H26ClN3O5/c20-14-1-2-21-9-12(14)10-22-11-16-18(25)19-15(28-16)7-13(27-19)8-17(24)23-3-5-26-6-4-23/h1-2,9,13,15-16,18-19,22,25H,3-8,10-11H2. The fourth-order valence-electron chi connectivity index (χ4n) is 4.03. The fourth-order valence-corrected chi connectivity index (χ4v) is 4.21. The molecule has 4 heterocycles. The first-order valence-corrected chi connectivity index (χ1v) is 10.1.